The van der Waals surface area contributed by atoms with Crippen LogP contribution < -0.4 is 5.32 Å². The molecule has 0 aliphatic heterocycles. The predicted molar refractivity (Wildman–Crippen MR) is 120 cm³/mol. The Morgan fingerprint density at radius 3 is 2.42 bits per heavy atom. The van der Waals surface area contributed by atoms with Gasteiger partial charge in [0, 0.05) is 22.4 Å². The van der Waals surface area contributed by atoms with E-state index in [1.807, 2.05) is 0 Å². The third-order valence-electron chi connectivity index (χ3n) is 4.34. The number of nitrogens with one attached hydrogen (secondary N) is 1. The van der Waals surface area contributed by atoms with E-state index in [0.29, 0.717) is 21.4 Å². The van der Waals surface area contributed by atoms with Gasteiger partial charge in [-0.3, -0.25) is 4.79 Å². The van der Waals surface area contributed by atoms with Gasteiger partial charge in [0.25, 0.3) is 0 Å². The van der Waals surface area contributed by atoms with Crippen LogP contribution >= 0.6 is 22.9 Å². The molecule has 0 spiro atoms. The fourth-order valence-electron chi connectivity index (χ4n) is 2.72. The first kappa shape index (κ1) is 22.9. The molecule has 162 valence electrons. The fourth-order valence-corrected chi connectivity index (χ4v) is 4.90. The number of carbonyl (C=O) groups is 2. The first-order valence-electron chi connectivity index (χ1n) is 9.21. The zero-order chi connectivity index (χ0) is 22.4. The maximum absolute atomic E-state index is 12.3. The van der Waals surface area contributed by atoms with E-state index < -0.39 is 15.8 Å². The van der Waals surface area contributed by atoms with Crippen molar-refractivity contribution >= 4 is 49.8 Å². The van der Waals surface area contributed by atoms with Crippen molar-refractivity contribution in [3.05, 3.63) is 64.5 Å². The molecular formula is C21H19ClN2O5S2. The average Bonchev–Trinajstić information content (AvgIpc) is 3.21. The van der Waals surface area contributed by atoms with Crippen LogP contribution in [0.5, 0.6) is 0 Å². The minimum Gasteiger partial charge on any atom is -0.465 e. The van der Waals surface area contributed by atoms with Crippen molar-refractivity contribution in [1.29, 1.82) is 0 Å². The van der Waals surface area contributed by atoms with Crippen LogP contribution in [-0.4, -0.2) is 38.1 Å². The van der Waals surface area contributed by atoms with Crippen LogP contribution in [0, 0.1) is 0 Å². The van der Waals surface area contributed by atoms with E-state index in [9.17, 15) is 18.0 Å². The topological polar surface area (TPSA) is 102 Å². The molecule has 0 radical (unpaired) electrons. The maximum Gasteiger partial charge on any atom is 0.337 e. The maximum atomic E-state index is 12.3. The molecule has 0 saturated carbocycles. The van der Waals surface area contributed by atoms with Gasteiger partial charge in [-0.15, -0.1) is 11.3 Å². The number of amides is 1. The molecule has 0 atom stereocenters. The number of ether oxygens (including phenoxy) is 1. The number of aromatic nitrogens is 1. The quantitative estimate of drug-likeness (QED) is 0.480. The lowest BCUT2D eigenvalue weighted by Gasteiger charge is -2.05. The zero-order valence-corrected chi connectivity index (χ0v) is 18.9. The highest BCUT2D eigenvalue weighted by Gasteiger charge is 2.16. The number of esters is 1. The third kappa shape index (κ3) is 6.13. The zero-order valence-electron chi connectivity index (χ0n) is 16.5. The normalized spacial score (nSPS) is 11.2. The number of rotatable bonds is 8. The van der Waals surface area contributed by atoms with Crippen LogP contribution in [0.4, 0.5) is 5.13 Å². The number of anilines is 1. The highest BCUT2D eigenvalue weighted by Crippen LogP contribution is 2.25. The molecule has 3 rings (SSSR count). The molecule has 0 aliphatic rings. The Bertz CT molecular complexity index is 1170. The van der Waals surface area contributed by atoms with Gasteiger partial charge < -0.3 is 10.1 Å². The Morgan fingerprint density at radius 1 is 1.10 bits per heavy atom. The van der Waals surface area contributed by atoms with Crippen molar-refractivity contribution < 1.29 is 22.7 Å². The SMILES string of the molecule is COC(=O)c1ccc(-c2csc(NC(=O)CCCS(=O)(=O)c3ccc(Cl)cc3)n2)cc1. The minimum atomic E-state index is -3.47. The number of halogens is 1. The Kier molecular flexibility index (Phi) is 7.42. The molecular weight excluding hydrogens is 460 g/mol. The summed E-state index contributed by atoms with van der Waals surface area (Å²) in [5.74, 6) is -0.873. The highest BCUT2D eigenvalue weighted by molar-refractivity contribution is 7.91. The molecule has 3 aromatic rings. The molecule has 7 nitrogen and oxygen atoms in total. The number of methoxy groups -OCH3 is 1. The second-order valence-corrected chi connectivity index (χ2v) is 9.94. The number of benzene rings is 2. The third-order valence-corrected chi connectivity index (χ3v) is 7.17. The molecule has 0 unspecified atom stereocenters. The Labute approximate surface area is 189 Å². The molecule has 0 saturated heterocycles. The standard InChI is InChI=1S/C21H19ClN2O5S2/c1-29-20(26)15-6-4-14(5-7-15)18-13-30-21(23-18)24-19(25)3-2-12-31(27,28)17-10-8-16(22)9-11-17/h4-11,13H,2-3,12H2,1H3,(H,23,24,25). The van der Waals surface area contributed by atoms with Gasteiger partial charge in [-0.05, 0) is 42.8 Å². The van der Waals surface area contributed by atoms with Crippen LogP contribution in [-0.2, 0) is 19.4 Å². The molecule has 31 heavy (non-hydrogen) atoms. The van der Waals surface area contributed by atoms with Gasteiger partial charge in [0.15, 0.2) is 15.0 Å². The summed E-state index contributed by atoms with van der Waals surface area (Å²) in [5.41, 5.74) is 1.88. The number of sulfone groups is 1. The van der Waals surface area contributed by atoms with E-state index in [1.54, 1.807) is 29.6 Å². The first-order chi connectivity index (χ1) is 14.8. The smallest absolute Gasteiger partial charge is 0.337 e. The van der Waals surface area contributed by atoms with Crippen LogP contribution in [0.15, 0.2) is 58.8 Å². The molecule has 2 aromatic carbocycles. The lowest BCUT2D eigenvalue weighted by atomic mass is 10.1. The predicted octanol–water partition coefficient (Wildman–Crippen LogP) is 4.44. The van der Waals surface area contributed by atoms with Crippen molar-refractivity contribution in [1.82, 2.24) is 4.98 Å². The minimum absolute atomic E-state index is 0.0512. The summed E-state index contributed by atoms with van der Waals surface area (Å²) in [4.78, 5) is 28.2. The van der Waals surface area contributed by atoms with E-state index in [1.165, 1.54) is 42.7 Å². The van der Waals surface area contributed by atoms with Gasteiger partial charge in [-0.25, -0.2) is 18.2 Å². The first-order valence-corrected chi connectivity index (χ1v) is 12.1. The van der Waals surface area contributed by atoms with E-state index in [-0.39, 0.29) is 29.4 Å². The number of carbonyl (C=O) groups excluding carboxylic acids is 2. The molecule has 0 bridgehead atoms. The monoisotopic (exact) mass is 478 g/mol. The van der Waals surface area contributed by atoms with Crippen molar-refractivity contribution in [2.75, 3.05) is 18.2 Å². The summed E-state index contributed by atoms with van der Waals surface area (Å²) in [6.07, 6.45) is 0.236. The summed E-state index contributed by atoms with van der Waals surface area (Å²) in [7, 11) is -2.16. The van der Waals surface area contributed by atoms with E-state index >= 15 is 0 Å². The largest absolute Gasteiger partial charge is 0.465 e. The van der Waals surface area contributed by atoms with Gasteiger partial charge in [0.05, 0.1) is 29.0 Å². The number of hydrogen-bond donors (Lipinski definition) is 1. The molecule has 0 fully saturated rings. The lowest BCUT2D eigenvalue weighted by Crippen LogP contribution is -2.14. The average molecular weight is 479 g/mol. The van der Waals surface area contributed by atoms with Crippen LogP contribution in [0.25, 0.3) is 11.3 Å². The van der Waals surface area contributed by atoms with Crippen LogP contribution in [0.2, 0.25) is 5.02 Å². The number of thiazole rings is 1. The summed E-state index contributed by atoms with van der Waals surface area (Å²) in [5, 5.41) is 5.35. The molecule has 10 heteroatoms. The van der Waals surface area contributed by atoms with Crippen LogP contribution in [0.3, 0.4) is 0 Å². The van der Waals surface area contributed by atoms with Crippen molar-refractivity contribution in [2.24, 2.45) is 0 Å². The van der Waals surface area contributed by atoms with Gasteiger partial charge in [-0.1, -0.05) is 23.7 Å². The second kappa shape index (κ2) is 10.0. The van der Waals surface area contributed by atoms with E-state index in [0.717, 1.165) is 5.56 Å². The summed E-state index contributed by atoms with van der Waals surface area (Å²) in [6, 6.07) is 12.7. The summed E-state index contributed by atoms with van der Waals surface area (Å²) < 4.78 is 29.3. The van der Waals surface area contributed by atoms with Gasteiger partial charge >= 0.3 is 5.97 Å². The Balaban J connectivity index is 1.53. The van der Waals surface area contributed by atoms with E-state index in [4.69, 9.17) is 11.6 Å². The highest BCUT2D eigenvalue weighted by atomic mass is 35.5. The molecule has 1 heterocycles. The van der Waals surface area contributed by atoms with Gasteiger partial charge in [-0.2, -0.15) is 0 Å². The molecule has 1 N–H and O–H groups in total. The van der Waals surface area contributed by atoms with Crippen LogP contribution in [0.1, 0.15) is 23.2 Å². The molecule has 0 aliphatic carbocycles. The molecule has 1 aromatic heterocycles. The van der Waals surface area contributed by atoms with E-state index in [2.05, 4.69) is 15.0 Å². The lowest BCUT2D eigenvalue weighted by molar-refractivity contribution is -0.116. The van der Waals surface area contributed by atoms with Crippen molar-refractivity contribution in [3.8, 4) is 11.3 Å². The number of nitrogens with zero attached hydrogens (tertiary/aromatic N) is 1. The fraction of sp³-hybridized carbons (Fsp3) is 0.190. The number of hydrogen-bond acceptors (Lipinski definition) is 7. The Hall–Kier alpha value is -2.75. The second-order valence-electron chi connectivity index (χ2n) is 6.53. The molecule has 1 amide bonds. The Morgan fingerprint density at radius 2 is 1.77 bits per heavy atom. The van der Waals surface area contributed by atoms with Crippen molar-refractivity contribution in [3.63, 3.8) is 0 Å². The van der Waals surface area contributed by atoms with Gasteiger partial charge in [0.1, 0.15) is 0 Å². The van der Waals surface area contributed by atoms with Crippen molar-refractivity contribution in [2.45, 2.75) is 17.7 Å². The summed E-state index contributed by atoms with van der Waals surface area (Å²) >= 11 is 7.04. The van der Waals surface area contributed by atoms with Gasteiger partial charge in [0.2, 0.25) is 5.91 Å². The summed E-state index contributed by atoms with van der Waals surface area (Å²) in [6.45, 7) is 0.